The Kier molecular flexibility index (Phi) is 5.12. The molecule has 0 saturated heterocycles. The van der Waals surface area contributed by atoms with Crippen LogP contribution in [0.3, 0.4) is 0 Å². The van der Waals surface area contributed by atoms with Gasteiger partial charge in [-0.1, -0.05) is 30.3 Å². The first-order valence-corrected chi connectivity index (χ1v) is 9.31. The first kappa shape index (κ1) is 19.8. The molecule has 0 saturated carbocycles. The number of halogens is 5. The molecule has 0 fully saturated rings. The summed E-state index contributed by atoms with van der Waals surface area (Å²) in [7, 11) is -4.17. The highest BCUT2D eigenvalue weighted by Gasteiger charge is 2.31. The molecule has 0 aliphatic carbocycles. The standard InChI is InChI=1S/C19H12F5NO2S/c20-16-10-15(12-5-4-6-13(9-12)19(22,23)24)18(11-17(16)21)25-28(26,27)14-7-2-1-3-8-14/h1-11,25H. The molecule has 0 aliphatic heterocycles. The first-order chi connectivity index (χ1) is 13.1. The van der Waals surface area contributed by atoms with E-state index in [1.54, 1.807) is 6.07 Å². The molecule has 0 bridgehead atoms. The fourth-order valence-electron chi connectivity index (χ4n) is 2.54. The number of rotatable bonds is 4. The molecule has 28 heavy (non-hydrogen) atoms. The number of benzene rings is 3. The largest absolute Gasteiger partial charge is 0.416 e. The summed E-state index contributed by atoms with van der Waals surface area (Å²) in [5, 5.41) is 0. The summed E-state index contributed by atoms with van der Waals surface area (Å²) in [5.74, 6) is -2.67. The summed E-state index contributed by atoms with van der Waals surface area (Å²) in [4.78, 5) is -0.144. The lowest BCUT2D eigenvalue weighted by Crippen LogP contribution is -2.14. The van der Waals surface area contributed by atoms with Crippen LogP contribution in [0.25, 0.3) is 11.1 Å². The molecule has 3 nitrogen and oxygen atoms in total. The minimum atomic E-state index is -4.65. The van der Waals surface area contributed by atoms with E-state index in [0.29, 0.717) is 12.1 Å². The van der Waals surface area contributed by atoms with Crippen molar-refractivity contribution in [3.63, 3.8) is 0 Å². The van der Waals surface area contributed by atoms with Gasteiger partial charge in [0.25, 0.3) is 10.0 Å². The Balaban J connectivity index is 2.13. The van der Waals surface area contributed by atoms with Gasteiger partial charge in [-0.2, -0.15) is 13.2 Å². The quantitative estimate of drug-likeness (QED) is 0.578. The summed E-state index contributed by atoms with van der Waals surface area (Å²) in [6.45, 7) is 0. The number of sulfonamides is 1. The van der Waals surface area contributed by atoms with Crippen molar-refractivity contribution in [2.24, 2.45) is 0 Å². The van der Waals surface area contributed by atoms with E-state index in [1.807, 2.05) is 0 Å². The molecule has 1 N–H and O–H groups in total. The van der Waals surface area contributed by atoms with Crippen molar-refractivity contribution in [2.75, 3.05) is 4.72 Å². The van der Waals surface area contributed by atoms with E-state index in [2.05, 4.69) is 4.72 Å². The van der Waals surface area contributed by atoms with Gasteiger partial charge in [0.05, 0.1) is 16.1 Å². The van der Waals surface area contributed by atoms with Crippen molar-refractivity contribution < 1.29 is 30.4 Å². The van der Waals surface area contributed by atoms with Gasteiger partial charge in [0, 0.05) is 11.6 Å². The Morgan fingerprint density at radius 2 is 1.43 bits per heavy atom. The third kappa shape index (κ3) is 4.14. The van der Waals surface area contributed by atoms with Crippen molar-refractivity contribution in [1.82, 2.24) is 0 Å². The van der Waals surface area contributed by atoms with Crippen LogP contribution in [-0.4, -0.2) is 8.42 Å². The smallest absolute Gasteiger partial charge is 0.279 e. The van der Waals surface area contributed by atoms with Crippen molar-refractivity contribution in [3.05, 3.63) is 83.9 Å². The van der Waals surface area contributed by atoms with Gasteiger partial charge in [-0.15, -0.1) is 0 Å². The molecule has 3 rings (SSSR count). The third-order valence-electron chi connectivity index (χ3n) is 3.86. The number of nitrogens with one attached hydrogen (secondary N) is 1. The second kappa shape index (κ2) is 7.23. The maximum atomic E-state index is 13.8. The highest BCUT2D eigenvalue weighted by atomic mass is 32.2. The van der Waals surface area contributed by atoms with Gasteiger partial charge in [-0.25, -0.2) is 17.2 Å². The van der Waals surface area contributed by atoms with Crippen LogP contribution in [0.4, 0.5) is 27.6 Å². The number of alkyl halides is 3. The lowest BCUT2D eigenvalue weighted by molar-refractivity contribution is -0.137. The molecule has 0 aromatic heterocycles. The van der Waals surface area contributed by atoms with Gasteiger partial charge in [0.1, 0.15) is 0 Å². The zero-order valence-electron chi connectivity index (χ0n) is 14.0. The maximum Gasteiger partial charge on any atom is 0.416 e. The lowest BCUT2D eigenvalue weighted by Gasteiger charge is -2.15. The zero-order chi connectivity index (χ0) is 20.5. The Morgan fingerprint density at radius 3 is 2.07 bits per heavy atom. The van der Waals surface area contributed by atoms with E-state index < -0.39 is 33.4 Å². The number of hydrogen-bond acceptors (Lipinski definition) is 2. The Hall–Kier alpha value is -2.94. The molecule has 0 amide bonds. The van der Waals surface area contributed by atoms with Gasteiger partial charge < -0.3 is 0 Å². The van der Waals surface area contributed by atoms with E-state index in [4.69, 9.17) is 0 Å². The monoisotopic (exact) mass is 413 g/mol. The fraction of sp³-hybridized carbons (Fsp3) is 0.0526. The van der Waals surface area contributed by atoms with Crippen LogP contribution in [0.2, 0.25) is 0 Å². The molecule has 0 unspecified atom stereocenters. The summed E-state index contributed by atoms with van der Waals surface area (Å²) in [6, 6.07) is 12.2. The van der Waals surface area contributed by atoms with Crippen LogP contribution in [0.5, 0.6) is 0 Å². The van der Waals surface area contributed by atoms with E-state index in [9.17, 15) is 30.4 Å². The number of hydrogen-bond donors (Lipinski definition) is 1. The average Bonchev–Trinajstić information content (AvgIpc) is 2.64. The molecule has 146 valence electrons. The fourth-order valence-corrected chi connectivity index (χ4v) is 3.63. The summed E-state index contributed by atoms with van der Waals surface area (Å²) in [6.07, 6.45) is -4.65. The van der Waals surface area contributed by atoms with Gasteiger partial charge in [0.2, 0.25) is 0 Å². The number of anilines is 1. The lowest BCUT2D eigenvalue weighted by atomic mass is 10.0. The molecule has 0 heterocycles. The average molecular weight is 413 g/mol. The molecular formula is C19H12F5NO2S. The van der Waals surface area contributed by atoms with E-state index in [1.165, 1.54) is 30.3 Å². The first-order valence-electron chi connectivity index (χ1n) is 7.82. The highest BCUT2D eigenvalue weighted by Crippen LogP contribution is 2.36. The predicted octanol–water partition coefficient (Wildman–Crippen LogP) is 5.45. The molecule has 0 aliphatic rings. The normalized spacial score (nSPS) is 12.0. The Labute approximate surface area is 157 Å². The van der Waals surface area contributed by atoms with Gasteiger partial charge in [-0.05, 0) is 35.9 Å². The minimum Gasteiger partial charge on any atom is -0.279 e. The highest BCUT2D eigenvalue weighted by molar-refractivity contribution is 7.92. The van der Waals surface area contributed by atoms with Gasteiger partial charge >= 0.3 is 6.18 Å². The van der Waals surface area contributed by atoms with Crippen molar-refractivity contribution in [1.29, 1.82) is 0 Å². The molecular weight excluding hydrogens is 401 g/mol. The van der Waals surface area contributed by atoms with Gasteiger partial charge in [0.15, 0.2) is 11.6 Å². The molecule has 9 heteroatoms. The predicted molar refractivity (Wildman–Crippen MR) is 94.0 cm³/mol. The van der Waals surface area contributed by atoms with Gasteiger partial charge in [-0.3, -0.25) is 4.72 Å². The minimum absolute atomic E-state index is 0.125. The van der Waals surface area contributed by atoms with Crippen LogP contribution >= 0.6 is 0 Å². The van der Waals surface area contributed by atoms with Crippen molar-refractivity contribution >= 4 is 15.7 Å². The molecule has 3 aromatic carbocycles. The summed E-state index contributed by atoms with van der Waals surface area (Å²) < 4.78 is 93.5. The van der Waals surface area contributed by atoms with Crippen molar-refractivity contribution in [2.45, 2.75) is 11.1 Å². The van der Waals surface area contributed by atoms with Crippen LogP contribution < -0.4 is 4.72 Å². The molecule has 0 radical (unpaired) electrons. The topological polar surface area (TPSA) is 46.2 Å². The van der Waals surface area contributed by atoms with Crippen molar-refractivity contribution in [3.8, 4) is 11.1 Å². The van der Waals surface area contributed by atoms with E-state index >= 15 is 0 Å². The second-order valence-corrected chi connectivity index (χ2v) is 7.49. The zero-order valence-corrected chi connectivity index (χ0v) is 14.8. The third-order valence-corrected chi connectivity index (χ3v) is 5.24. The molecule has 3 aromatic rings. The second-order valence-electron chi connectivity index (χ2n) is 5.81. The SMILES string of the molecule is O=S(=O)(Nc1cc(F)c(F)cc1-c1cccc(C(F)(F)F)c1)c1ccccc1. The summed E-state index contributed by atoms with van der Waals surface area (Å²) >= 11 is 0. The van der Waals surface area contributed by atoms with Crippen LogP contribution in [0, 0.1) is 11.6 Å². The van der Waals surface area contributed by atoms with E-state index in [0.717, 1.165) is 18.2 Å². The van der Waals surface area contributed by atoms with Crippen LogP contribution in [0.15, 0.2) is 71.6 Å². The van der Waals surface area contributed by atoms with E-state index in [-0.39, 0.29) is 21.7 Å². The summed E-state index contributed by atoms with van der Waals surface area (Å²) in [5.41, 5.74) is -1.75. The Bertz CT molecular complexity index is 1110. The maximum absolute atomic E-state index is 13.8. The molecule has 0 spiro atoms. The Morgan fingerprint density at radius 1 is 0.786 bits per heavy atom. The van der Waals surface area contributed by atoms with Crippen LogP contribution in [-0.2, 0) is 16.2 Å². The molecule has 0 atom stereocenters. The van der Waals surface area contributed by atoms with Crippen LogP contribution in [0.1, 0.15) is 5.56 Å².